The van der Waals surface area contributed by atoms with Gasteiger partial charge in [0.05, 0.1) is 13.2 Å². The molecule has 1 aromatic carbocycles. The molecule has 6 nitrogen and oxygen atoms in total. The highest BCUT2D eigenvalue weighted by Crippen LogP contribution is 2.14. The van der Waals surface area contributed by atoms with Crippen LogP contribution in [0.2, 0.25) is 0 Å². The summed E-state index contributed by atoms with van der Waals surface area (Å²) in [6.45, 7) is 9.55. The second-order valence-corrected chi connectivity index (χ2v) is 6.28. The van der Waals surface area contributed by atoms with E-state index in [9.17, 15) is 0 Å². The average Bonchev–Trinajstić information content (AvgIpc) is 2.69. The molecule has 154 valence electrons. The third-order valence-electron chi connectivity index (χ3n) is 3.82. The second-order valence-electron chi connectivity index (χ2n) is 6.28. The second kappa shape index (κ2) is 16.4. The molecule has 0 aliphatic rings. The molecule has 0 unspecified atom stereocenters. The first-order valence-electron chi connectivity index (χ1n) is 10.1. The van der Waals surface area contributed by atoms with Gasteiger partial charge in [-0.1, -0.05) is 25.5 Å². The zero-order chi connectivity index (χ0) is 19.6. The molecule has 0 aliphatic heterocycles. The van der Waals surface area contributed by atoms with Gasteiger partial charge in [0.15, 0.2) is 5.96 Å². The van der Waals surface area contributed by atoms with Gasteiger partial charge in [-0.05, 0) is 37.5 Å². The molecule has 0 aliphatic carbocycles. The van der Waals surface area contributed by atoms with Crippen molar-refractivity contribution in [1.82, 2.24) is 10.6 Å². The van der Waals surface area contributed by atoms with Gasteiger partial charge in [-0.25, -0.2) is 4.99 Å². The summed E-state index contributed by atoms with van der Waals surface area (Å²) in [6, 6.07) is 8.09. The van der Waals surface area contributed by atoms with Crippen molar-refractivity contribution in [3.05, 3.63) is 29.8 Å². The summed E-state index contributed by atoms with van der Waals surface area (Å²) in [4.78, 5) is 4.66. The highest BCUT2D eigenvalue weighted by atomic mass is 16.5. The van der Waals surface area contributed by atoms with Crippen LogP contribution in [-0.2, 0) is 16.0 Å². The fourth-order valence-electron chi connectivity index (χ4n) is 2.37. The van der Waals surface area contributed by atoms with Crippen LogP contribution in [0.5, 0.6) is 5.75 Å². The summed E-state index contributed by atoms with van der Waals surface area (Å²) in [5.41, 5.74) is 1.12. The highest BCUT2D eigenvalue weighted by Gasteiger charge is 2.00. The van der Waals surface area contributed by atoms with Crippen LogP contribution >= 0.6 is 0 Å². The van der Waals surface area contributed by atoms with Crippen molar-refractivity contribution in [2.75, 3.05) is 46.6 Å². The minimum atomic E-state index is 0.609. The zero-order valence-corrected chi connectivity index (χ0v) is 17.3. The first kappa shape index (κ1) is 23.2. The monoisotopic (exact) mass is 379 g/mol. The molecule has 0 aromatic heterocycles. The Morgan fingerprint density at radius 3 is 2.63 bits per heavy atom. The van der Waals surface area contributed by atoms with Crippen LogP contribution in [0.25, 0.3) is 0 Å². The molecule has 2 N–H and O–H groups in total. The van der Waals surface area contributed by atoms with Gasteiger partial charge < -0.3 is 24.8 Å². The Hall–Kier alpha value is -1.79. The van der Waals surface area contributed by atoms with E-state index in [1.807, 2.05) is 18.2 Å². The molecule has 0 spiro atoms. The van der Waals surface area contributed by atoms with E-state index in [0.717, 1.165) is 62.8 Å². The van der Waals surface area contributed by atoms with E-state index < -0.39 is 0 Å². The van der Waals surface area contributed by atoms with Crippen molar-refractivity contribution in [3.8, 4) is 5.75 Å². The summed E-state index contributed by atoms with van der Waals surface area (Å²) in [6.07, 6.45) is 4.16. The summed E-state index contributed by atoms with van der Waals surface area (Å²) in [5.74, 6) is 1.71. The summed E-state index contributed by atoms with van der Waals surface area (Å²) >= 11 is 0. The lowest BCUT2D eigenvalue weighted by atomic mass is 10.2. The fourth-order valence-corrected chi connectivity index (χ4v) is 2.37. The molecule has 0 saturated carbocycles. The normalized spacial score (nSPS) is 11.4. The van der Waals surface area contributed by atoms with E-state index >= 15 is 0 Å². The maximum absolute atomic E-state index is 5.75. The zero-order valence-electron chi connectivity index (χ0n) is 17.3. The van der Waals surface area contributed by atoms with Crippen molar-refractivity contribution < 1.29 is 14.2 Å². The minimum absolute atomic E-state index is 0.609. The number of hydrogen-bond donors (Lipinski definition) is 2. The van der Waals surface area contributed by atoms with Crippen molar-refractivity contribution >= 4 is 5.96 Å². The largest absolute Gasteiger partial charge is 0.493 e. The van der Waals surface area contributed by atoms with Gasteiger partial charge in [-0.15, -0.1) is 0 Å². The smallest absolute Gasteiger partial charge is 0.191 e. The molecule has 0 radical (unpaired) electrons. The number of guanidine groups is 1. The molecule has 0 amide bonds. The van der Waals surface area contributed by atoms with Crippen molar-refractivity contribution in [1.29, 1.82) is 0 Å². The van der Waals surface area contributed by atoms with Crippen LogP contribution in [0.4, 0.5) is 0 Å². The summed E-state index contributed by atoms with van der Waals surface area (Å²) < 4.78 is 16.4. The molecule has 1 rings (SSSR count). The SMILES string of the molecule is CCCCOCCCNC(=NCc1cccc(OCCCOC)c1)NCC. The van der Waals surface area contributed by atoms with Crippen LogP contribution in [0.1, 0.15) is 45.1 Å². The molecule has 0 bridgehead atoms. The Labute approximate surface area is 164 Å². The number of nitrogens with zero attached hydrogens (tertiary/aromatic N) is 1. The Kier molecular flexibility index (Phi) is 14.1. The number of unbranched alkanes of at least 4 members (excludes halogenated alkanes) is 1. The van der Waals surface area contributed by atoms with Crippen LogP contribution in [0.15, 0.2) is 29.3 Å². The Morgan fingerprint density at radius 1 is 1.00 bits per heavy atom. The molecule has 0 atom stereocenters. The van der Waals surface area contributed by atoms with Crippen molar-refractivity contribution in [2.45, 2.75) is 46.1 Å². The predicted molar refractivity (Wildman–Crippen MR) is 112 cm³/mol. The maximum Gasteiger partial charge on any atom is 0.191 e. The number of methoxy groups -OCH3 is 1. The van der Waals surface area contributed by atoms with Crippen LogP contribution < -0.4 is 15.4 Å². The molecule has 6 heteroatoms. The van der Waals surface area contributed by atoms with Crippen molar-refractivity contribution in [3.63, 3.8) is 0 Å². The third kappa shape index (κ3) is 12.3. The summed E-state index contributed by atoms with van der Waals surface area (Å²) in [7, 11) is 1.70. The quantitative estimate of drug-likeness (QED) is 0.278. The highest BCUT2D eigenvalue weighted by molar-refractivity contribution is 5.79. The molecule has 0 saturated heterocycles. The lowest BCUT2D eigenvalue weighted by molar-refractivity contribution is 0.129. The molecular weight excluding hydrogens is 342 g/mol. The van der Waals surface area contributed by atoms with E-state index in [1.54, 1.807) is 7.11 Å². The van der Waals surface area contributed by atoms with Gasteiger partial charge in [0.25, 0.3) is 0 Å². The number of benzene rings is 1. The van der Waals surface area contributed by atoms with Gasteiger partial charge in [0, 0.05) is 46.4 Å². The molecular formula is C21H37N3O3. The van der Waals surface area contributed by atoms with Crippen LogP contribution in [0.3, 0.4) is 0 Å². The van der Waals surface area contributed by atoms with E-state index in [0.29, 0.717) is 19.8 Å². The maximum atomic E-state index is 5.75. The molecule has 27 heavy (non-hydrogen) atoms. The molecule has 0 fully saturated rings. The Bertz CT molecular complexity index is 509. The van der Waals surface area contributed by atoms with E-state index in [4.69, 9.17) is 14.2 Å². The van der Waals surface area contributed by atoms with Gasteiger partial charge >= 0.3 is 0 Å². The number of nitrogens with one attached hydrogen (secondary N) is 2. The first-order chi connectivity index (χ1) is 13.3. The Balaban J connectivity index is 2.38. The molecule has 0 heterocycles. The minimum Gasteiger partial charge on any atom is -0.493 e. The number of ether oxygens (including phenoxy) is 3. The number of aliphatic imine (C=N–C) groups is 1. The van der Waals surface area contributed by atoms with Gasteiger partial charge in [-0.3, -0.25) is 0 Å². The first-order valence-corrected chi connectivity index (χ1v) is 10.1. The lowest BCUT2D eigenvalue weighted by Crippen LogP contribution is -2.38. The van der Waals surface area contributed by atoms with Crippen molar-refractivity contribution in [2.24, 2.45) is 4.99 Å². The van der Waals surface area contributed by atoms with E-state index in [2.05, 4.69) is 35.5 Å². The fraction of sp³-hybridized carbons (Fsp3) is 0.667. The van der Waals surface area contributed by atoms with E-state index in [1.165, 1.54) is 6.42 Å². The van der Waals surface area contributed by atoms with Gasteiger partial charge in [0.1, 0.15) is 5.75 Å². The number of rotatable bonds is 15. The van der Waals surface area contributed by atoms with E-state index in [-0.39, 0.29) is 0 Å². The topological polar surface area (TPSA) is 64.1 Å². The standard InChI is InChI=1S/C21H37N3O3/c1-4-6-14-26-15-8-12-23-21(22-5-2)24-18-19-10-7-11-20(17-19)27-16-9-13-25-3/h7,10-11,17H,4-6,8-9,12-16,18H2,1-3H3,(H2,22,23,24). The lowest BCUT2D eigenvalue weighted by Gasteiger charge is -2.12. The molecule has 1 aromatic rings. The Morgan fingerprint density at radius 2 is 1.85 bits per heavy atom. The van der Waals surface area contributed by atoms with Crippen LogP contribution in [-0.4, -0.2) is 52.6 Å². The average molecular weight is 380 g/mol. The third-order valence-corrected chi connectivity index (χ3v) is 3.82. The predicted octanol–water partition coefficient (Wildman–Crippen LogP) is 3.36. The van der Waals surface area contributed by atoms with Gasteiger partial charge in [0.2, 0.25) is 0 Å². The van der Waals surface area contributed by atoms with Crippen LogP contribution in [0, 0.1) is 0 Å². The van der Waals surface area contributed by atoms with Gasteiger partial charge in [-0.2, -0.15) is 0 Å². The summed E-state index contributed by atoms with van der Waals surface area (Å²) in [5, 5.41) is 6.64. The number of hydrogen-bond acceptors (Lipinski definition) is 4.